The Morgan fingerprint density at radius 1 is 1.31 bits per heavy atom. The van der Waals surface area contributed by atoms with Gasteiger partial charge in [-0.3, -0.25) is 4.79 Å². The molecule has 4 heterocycles. The van der Waals surface area contributed by atoms with Crippen LogP contribution in [0.4, 0.5) is 5.69 Å². The zero-order valence-corrected chi connectivity index (χ0v) is 20.3. The second-order valence-corrected chi connectivity index (χ2v) is 16.4. The van der Waals surface area contributed by atoms with Gasteiger partial charge in [0, 0.05) is 37.3 Å². The molecule has 1 aromatic carbocycles. The van der Waals surface area contributed by atoms with Crippen LogP contribution in [-0.2, 0) is 9.53 Å². The molecule has 0 radical (unpaired) electrons. The van der Waals surface area contributed by atoms with Crippen LogP contribution in [0, 0.1) is 5.92 Å². The van der Waals surface area contributed by atoms with Crippen molar-refractivity contribution in [3.05, 3.63) is 28.2 Å². The lowest BCUT2D eigenvalue weighted by atomic mass is 9.84. The third-order valence-corrected chi connectivity index (χ3v) is 8.54. The van der Waals surface area contributed by atoms with Crippen LogP contribution in [0.1, 0.15) is 24.4 Å². The fourth-order valence-electron chi connectivity index (χ4n) is 4.57. The number of hydrazine groups is 1. The summed E-state index contributed by atoms with van der Waals surface area (Å²) in [6.07, 6.45) is 2.39. The number of carbonyl (C=O) groups is 1. The minimum Gasteiger partial charge on any atom is -0.365 e. The zero-order valence-electron chi connectivity index (χ0n) is 17.7. The van der Waals surface area contributed by atoms with Crippen molar-refractivity contribution in [1.29, 1.82) is 0 Å². The van der Waals surface area contributed by atoms with E-state index in [2.05, 4.69) is 51.2 Å². The van der Waals surface area contributed by atoms with Crippen molar-refractivity contribution in [3.63, 3.8) is 0 Å². The molecule has 8 heteroatoms. The highest BCUT2D eigenvalue weighted by Crippen LogP contribution is 2.37. The Morgan fingerprint density at radius 3 is 2.72 bits per heavy atom. The van der Waals surface area contributed by atoms with Crippen molar-refractivity contribution >= 4 is 35.6 Å². The van der Waals surface area contributed by atoms with E-state index in [1.54, 1.807) is 0 Å². The topological polar surface area (TPSA) is 56.8 Å². The van der Waals surface area contributed by atoms with Gasteiger partial charge in [0.05, 0.1) is 5.69 Å². The lowest BCUT2D eigenvalue weighted by Crippen LogP contribution is -2.58. The summed E-state index contributed by atoms with van der Waals surface area (Å²) in [6.45, 7) is 11.5. The molecule has 5 rings (SSSR count). The third kappa shape index (κ3) is 5.04. The van der Waals surface area contributed by atoms with Gasteiger partial charge in [0.15, 0.2) is 0 Å². The molecule has 0 aromatic heterocycles. The highest BCUT2D eigenvalue weighted by Gasteiger charge is 2.40. The molecule has 6 nitrogen and oxygen atoms in total. The van der Waals surface area contributed by atoms with Crippen molar-refractivity contribution < 1.29 is 9.53 Å². The zero-order chi connectivity index (χ0) is 20.6. The summed E-state index contributed by atoms with van der Waals surface area (Å²) in [4.78, 5) is 15.8. The summed E-state index contributed by atoms with van der Waals surface area (Å²) < 4.78 is 6.97. The molecule has 1 amide bonds. The second-order valence-electron chi connectivity index (χ2n) is 9.82. The second kappa shape index (κ2) is 8.67. The van der Waals surface area contributed by atoms with Gasteiger partial charge in [-0.15, -0.1) is 0 Å². The molecule has 0 aliphatic carbocycles. The number of ether oxygens (including phenoxy) is 1. The fourth-order valence-corrected chi connectivity index (χ4v) is 5.69. The number of benzene rings is 1. The molecule has 2 bridgehead atoms. The Kier molecular flexibility index (Phi) is 6.37. The normalized spacial score (nSPS) is 28.8. The summed E-state index contributed by atoms with van der Waals surface area (Å²) in [7, 11) is -1.14. The van der Waals surface area contributed by atoms with Crippen LogP contribution in [0.15, 0.2) is 22.7 Å². The molecular weight excluding hydrogens is 448 g/mol. The SMILES string of the molecule is C[Si](C)(C)CCOCN1Nc2cc(Br)ccc2C1C(=O)N[C@@H]1CN2CCC1CC2. The molecule has 3 fully saturated rings. The smallest absolute Gasteiger partial charge is 0.244 e. The number of nitrogens with one attached hydrogen (secondary N) is 2. The third-order valence-electron chi connectivity index (χ3n) is 6.34. The standard InChI is InChI=1S/C21H33BrN4O2Si/c1-29(2,3)11-10-28-14-26-20(17-5-4-16(22)12-18(17)24-26)21(27)23-19-13-25-8-6-15(19)7-9-25/h4-5,12,15,19-20,24H,6-11,13-14H2,1-3H3,(H,23,27)/t19-,20?/m1/s1. The first-order valence-electron chi connectivity index (χ1n) is 10.7. The quantitative estimate of drug-likeness (QED) is 0.460. The molecule has 2 atom stereocenters. The average Bonchev–Trinajstić information content (AvgIpc) is 3.03. The van der Waals surface area contributed by atoms with Gasteiger partial charge in [0.2, 0.25) is 5.91 Å². The summed E-state index contributed by atoms with van der Waals surface area (Å²) in [5, 5.41) is 5.31. The summed E-state index contributed by atoms with van der Waals surface area (Å²) in [6, 6.07) is 7.10. The fraction of sp³-hybridized carbons (Fsp3) is 0.667. The number of hydrogen-bond donors (Lipinski definition) is 2. The number of amides is 1. The van der Waals surface area contributed by atoms with E-state index in [0.717, 1.165) is 34.9 Å². The van der Waals surface area contributed by atoms with Gasteiger partial charge < -0.3 is 20.4 Å². The molecule has 3 saturated heterocycles. The molecule has 2 N–H and O–H groups in total. The monoisotopic (exact) mass is 480 g/mol. The molecule has 29 heavy (non-hydrogen) atoms. The maximum absolute atomic E-state index is 13.4. The average molecular weight is 482 g/mol. The molecule has 0 saturated carbocycles. The van der Waals surface area contributed by atoms with E-state index < -0.39 is 8.07 Å². The van der Waals surface area contributed by atoms with E-state index in [-0.39, 0.29) is 18.0 Å². The summed E-state index contributed by atoms with van der Waals surface area (Å²) in [5.41, 5.74) is 5.38. The molecule has 1 unspecified atom stereocenters. The van der Waals surface area contributed by atoms with Gasteiger partial charge in [-0.1, -0.05) is 41.6 Å². The van der Waals surface area contributed by atoms with Crippen molar-refractivity contribution in [2.75, 3.05) is 38.4 Å². The van der Waals surface area contributed by atoms with Crippen LogP contribution in [-0.4, -0.2) is 62.9 Å². The van der Waals surface area contributed by atoms with Gasteiger partial charge in [-0.05, 0) is 50.0 Å². The maximum Gasteiger partial charge on any atom is 0.244 e. The number of fused-ring (bicyclic) bond motifs is 4. The summed E-state index contributed by atoms with van der Waals surface area (Å²) in [5.74, 6) is 0.690. The number of piperidine rings is 3. The number of halogens is 1. The summed E-state index contributed by atoms with van der Waals surface area (Å²) >= 11 is 3.54. The number of hydrogen-bond acceptors (Lipinski definition) is 5. The van der Waals surface area contributed by atoms with Gasteiger partial charge in [-0.2, -0.15) is 5.01 Å². The minimum atomic E-state index is -1.14. The highest BCUT2D eigenvalue weighted by atomic mass is 79.9. The molecule has 1 aromatic rings. The number of nitrogens with zero attached hydrogens (tertiary/aromatic N) is 2. The number of carbonyl (C=O) groups excluding carboxylic acids is 1. The molecule has 0 spiro atoms. The van der Waals surface area contributed by atoms with E-state index >= 15 is 0 Å². The Hall–Kier alpha value is -0.933. The van der Waals surface area contributed by atoms with Crippen LogP contribution in [0.2, 0.25) is 25.7 Å². The van der Waals surface area contributed by atoms with E-state index in [9.17, 15) is 4.79 Å². The lowest BCUT2D eigenvalue weighted by molar-refractivity contribution is -0.130. The number of rotatable bonds is 7. The van der Waals surface area contributed by atoms with Crippen molar-refractivity contribution in [2.45, 2.75) is 50.6 Å². The Balaban J connectivity index is 1.44. The van der Waals surface area contributed by atoms with E-state index in [4.69, 9.17) is 4.74 Å². The highest BCUT2D eigenvalue weighted by molar-refractivity contribution is 9.10. The van der Waals surface area contributed by atoms with Crippen molar-refractivity contribution in [2.24, 2.45) is 5.92 Å². The first-order valence-corrected chi connectivity index (χ1v) is 15.2. The lowest BCUT2D eigenvalue weighted by Gasteiger charge is -2.45. The molecular formula is C21H33BrN4O2Si. The van der Waals surface area contributed by atoms with Crippen LogP contribution >= 0.6 is 15.9 Å². The largest absolute Gasteiger partial charge is 0.365 e. The van der Waals surface area contributed by atoms with Crippen LogP contribution in [0.25, 0.3) is 0 Å². The Bertz CT molecular complexity index is 749. The minimum absolute atomic E-state index is 0.0751. The van der Waals surface area contributed by atoms with Crippen molar-refractivity contribution in [1.82, 2.24) is 15.2 Å². The van der Waals surface area contributed by atoms with Crippen molar-refractivity contribution in [3.8, 4) is 0 Å². The number of anilines is 1. The predicted molar refractivity (Wildman–Crippen MR) is 122 cm³/mol. The predicted octanol–water partition coefficient (Wildman–Crippen LogP) is 3.66. The van der Waals surface area contributed by atoms with Crippen LogP contribution in [0.5, 0.6) is 0 Å². The first kappa shape index (κ1) is 21.3. The van der Waals surface area contributed by atoms with E-state index in [0.29, 0.717) is 12.6 Å². The van der Waals surface area contributed by atoms with E-state index in [1.807, 2.05) is 23.2 Å². The molecule has 160 valence electrons. The maximum atomic E-state index is 13.4. The van der Waals surface area contributed by atoms with Crippen LogP contribution in [0.3, 0.4) is 0 Å². The first-order chi connectivity index (χ1) is 13.8. The van der Waals surface area contributed by atoms with Gasteiger partial charge in [0.1, 0.15) is 12.8 Å². The van der Waals surface area contributed by atoms with Gasteiger partial charge >= 0.3 is 0 Å². The Morgan fingerprint density at radius 2 is 2.07 bits per heavy atom. The molecule has 4 aliphatic rings. The van der Waals surface area contributed by atoms with Gasteiger partial charge in [-0.25, -0.2) is 0 Å². The van der Waals surface area contributed by atoms with Gasteiger partial charge in [0.25, 0.3) is 0 Å². The van der Waals surface area contributed by atoms with E-state index in [1.165, 1.54) is 25.9 Å². The van der Waals surface area contributed by atoms with Crippen LogP contribution < -0.4 is 10.7 Å². The molecule has 4 aliphatic heterocycles. The Labute approximate surface area is 183 Å².